The number of carboxylic acid groups (broad SMARTS) is 1. The van der Waals surface area contributed by atoms with Gasteiger partial charge in [0, 0.05) is 13.0 Å². The van der Waals surface area contributed by atoms with Gasteiger partial charge in [-0.1, -0.05) is 33.8 Å². The molecule has 0 radical (unpaired) electrons. The van der Waals surface area contributed by atoms with Gasteiger partial charge in [-0.15, -0.1) is 0 Å². The molecule has 2 N–H and O–H groups in total. The molecule has 0 spiro atoms. The first-order valence-corrected chi connectivity index (χ1v) is 6.45. The Labute approximate surface area is 122 Å². The zero-order chi connectivity index (χ0) is 16.7. The van der Waals surface area contributed by atoms with Crippen LogP contribution in [0.4, 0.5) is 19.0 Å². The maximum Gasteiger partial charge on any atom is 0.433 e. The number of alkyl halides is 3. The van der Waals surface area contributed by atoms with Gasteiger partial charge in [0.2, 0.25) is 0 Å². The number of hydrogen-bond acceptors (Lipinski definition) is 3. The number of aliphatic carboxylic acids is 1. The molecule has 0 aromatic carbocycles. The Hall–Kier alpha value is -1.79. The van der Waals surface area contributed by atoms with E-state index in [9.17, 15) is 18.0 Å². The number of anilines is 1. The lowest BCUT2D eigenvalue weighted by atomic mass is 9.97. The fraction of sp³-hybridized carbons (Fsp3) is 0.571. The van der Waals surface area contributed by atoms with E-state index in [4.69, 9.17) is 5.11 Å². The lowest BCUT2D eigenvalue weighted by Gasteiger charge is -2.19. The molecule has 0 bridgehead atoms. The summed E-state index contributed by atoms with van der Waals surface area (Å²) >= 11 is 0. The minimum Gasteiger partial charge on any atom is -0.481 e. The van der Waals surface area contributed by atoms with Gasteiger partial charge in [-0.05, 0) is 17.5 Å². The van der Waals surface area contributed by atoms with Crippen LogP contribution >= 0.6 is 0 Å². The minimum atomic E-state index is -4.39. The topological polar surface area (TPSA) is 62.2 Å². The summed E-state index contributed by atoms with van der Waals surface area (Å²) in [6.07, 6.45) is -4.17. The van der Waals surface area contributed by atoms with Crippen molar-refractivity contribution in [2.45, 2.75) is 40.3 Å². The van der Waals surface area contributed by atoms with Crippen LogP contribution in [0, 0.1) is 5.41 Å². The predicted octanol–water partition coefficient (Wildman–Crippen LogP) is 4.04. The number of aromatic nitrogens is 1. The Morgan fingerprint density at radius 2 is 1.81 bits per heavy atom. The molecule has 0 unspecified atom stereocenters. The van der Waals surface area contributed by atoms with Crippen molar-refractivity contribution in [3.8, 4) is 0 Å². The Bertz CT molecular complexity index is 454. The Kier molecular flexibility index (Phi) is 7.18. The molecule has 4 nitrogen and oxygen atoms in total. The second-order valence-corrected chi connectivity index (χ2v) is 5.57. The molecular formula is C14H21F3N2O2. The van der Waals surface area contributed by atoms with E-state index in [0.717, 1.165) is 6.07 Å². The van der Waals surface area contributed by atoms with Crippen LogP contribution in [0.1, 0.15) is 39.8 Å². The average molecular weight is 306 g/mol. The number of nitrogens with zero attached hydrogens (tertiary/aromatic N) is 1. The van der Waals surface area contributed by atoms with Crippen LogP contribution in [0.25, 0.3) is 0 Å². The molecule has 0 saturated carbocycles. The van der Waals surface area contributed by atoms with Gasteiger partial charge in [-0.2, -0.15) is 13.2 Å². The summed E-state index contributed by atoms with van der Waals surface area (Å²) in [4.78, 5) is 12.9. The first-order valence-electron chi connectivity index (χ1n) is 6.45. The molecular weight excluding hydrogens is 285 g/mol. The Morgan fingerprint density at radius 3 is 2.19 bits per heavy atom. The maximum absolute atomic E-state index is 12.4. The zero-order valence-corrected chi connectivity index (χ0v) is 12.6. The average Bonchev–Trinajstić information content (AvgIpc) is 2.35. The smallest absolute Gasteiger partial charge is 0.433 e. The van der Waals surface area contributed by atoms with Crippen LogP contribution in [-0.4, -0.2) is 22.6 Å². The molecule has 0 atom stereocenters. The molecule has 120 valence electrons. The van der Waals surface area contributed by atoms with E-state index in [1.807, 2.05) is 20.8 Å². The third-order valence-electron chi connectivity index (χ3n) is 2.14. The number of pyridine rings is 1. The van der Waals surface area contributed by atoms with E-state index in [2.05, 4.69) is 10.3 Å². The van der Waals surface area contributed by atoms with Crippen molar-refractivity contribution in [3.63, 3.8) is 0 Å². The highest BCUT2D eigenvalue weighted by Gasteiger charge is 2.32. The van der Waals surface area contributed by atoms with Crippen molar-refractivity contribution in [3.05, 3.63) is 23.9 Å². The van der Waals surface area contributed by atoms with Crippen LogP contribution in [0.15, 0.2) is 18.2 Å². The van der Waals surface area contributed by atoms with Gasteiger partial charge in [0.1, 0.15) is 11.5 Å². The van der Waals surface area contributed by atoms with Gasteiger partial charge >= 0.3 is 12.1 Å². The minimum absolute atomic E-state index is 0.00405. The quantitative estimate of drug-likeness (QED) is 0.884. The first-order chi connectivity index (χ1) is 9.45. The number of carboxylic acids is 1. The Morgan fingerprint density at radius 1 is 1.29 bits per heavy atom. The molecule has 1 aromatic rings. The standard InChI is InChI=1S/C11H15F3N2.C3H6O2/c1-10(2,3)7-15-9-6-4-5-8(16-9)11(12,13)14;1-2-3(4)5/h4-6H,7H2,1-3H3,(H,15,16);2H2,1H3,(H,4,5). The molecule has 0 aliphatic rings. The molecule has 0 fully saturated rings. The van der Waals surface area contributed by atoms with E-state index in [0.29, 0.717) is 6.54 Å². The van der Waals surface area contributed by atoms with Gasteiger partial charge in [0.15, 0.2) is 0 Å². The van der Waals surface area contributed by atoms with Crippen LogP contribution in [0.5, 0.6) is 0 Å². The first kappa shape index (κ1) is 19.2. The largest absolute Gasteiger partial charge is 0.481 e. The van der Waals surface area contributed by atoms with Gasteiger partial charge in [-0.25, -0.2) is 4.98 Å². The van der Waals surface area contributed by atoms with Crippen molar-refractivity contribution in [1.82, 2.24) is 4.98 Å². The summed E-state index contributed by atoms with van der Waals surface area (Å²) in [7, 11) is 0. The summed E-state index contributed by atoms with van der Waals surface area (Å²) in [5.41, 5.74) is -0.873. The zero-order valence-electron chi connectivity index (χ0n) is 12.6. The van der Waals surface area contributed by atoms with Gasteiger partial charge < -0.3 is 10.4 Å². The number of carbonyl (C=O) groups is 1. The van der Waals surface area contributed by atoms with Crippen LogP contribution in [-0.2, 0) is 11.0 Å². The van der Waals surface area contributed by atoms with Crippen LogP contribution < -0.4 is 5.32 Å². The SMILES string of the molecule is CC(C)(C)CNc1cccc(C(F)(F)F)n1.CCC(=O)O. The second kappa shape index (κ2) is 7.85. The highest BCUT2D eigenvalue weighted by Crippen LogP contribution is 2.28. The molecule has 0 aliphatic carbocycles. The van der Waals surface area contributed by atoms with Crippen molar-refractivity contribution in [2.75, 3.05) is 11.9 Å². The third-order valence-corrected chi connectivity index (χ3v) is 2.14. The lowest BCUT2D eigenvalue weighted by Crippen LogP contribution is -2.20. The van der Waals surface area contributed by atoms with Crippen molar-refractivity contribution in [1.29, 1.82) is 0 Å². The van der Waals surface area contributed by atoms with Crippen LogP contribution in [0.3, 0.4) is 0 Å². The van der Waals surface area contributed by atoms with E-state index in [1.165, 1.54) is 12.1 Å². The monoisotopic (exact) mass is 306 g/mol. The molecule has 1 rings (SSSR count). The van der Waals surface area contributed by atoms with E-state index < -0.39 is 17.8 Å². The van der Waals surface area contributed by atoms with E-state index in [1.54, 1.807) is 6.92 Å². The van der Waals surface area contributed by atoms with Crippen molar-refractivity contribution in [2.24, 2.45) is 5.41 Å². The summed E-state index contributed by atoms with van der Waals surface area (Å²) < 4.78 is 37.1. The lowest BCUT2D eigenvalue weighted by molar-refractivity contribution is -0.141. The fourth-order valence-corrected chi connectivity index (χ4v) is 1.05. The molecule has 0 aliphatic heterocycles. The second-order valence-electron chi connectivity index (χ2n) is 5.57. The third kappa shape index (κ3) is 9.70. The highest BCUT2D eigenvalue weighted by atomic mass is 19.4. The summed E-state index contributed by atoms with van der Waals surface area (Å²) in [6, 6.07) is 3.84. The van der Waals surface area contributed by atoms with Gasteiger partial charge in [0.25, 0.3) is 0 Å². The summed E-state index contributed by atoms with van der Waals surface area (Å²) in [5.74, 6) is -0.491. The molecule has 0 amide bonds. The van der Waals surface area contributed by atoms with E-state index >= 15 is 0 Å². The summed E-state index contributed by atoms with van der Waals surface area (Å²) in [6.45, 7) is 8.15. The number of rotatable bonds is 3. The predicted molar refractivity (Wildman–Crippen MR) is 75.1 cm³/mol. The molecule has 21 heavy (non-hydrogen) atoms. The molecule has 1 heterocycles. The Balaban J connectivity index is 0.000000690. The molecule has 0 saturated heterocycles. The van der Waals surface area contributed by atoms with Gasteiger partial charge in [0.05, 0.1) is 0 Å². The van der Waals surface area contributed by atoms with E-state index in [-0.39, 0.29) is 17.7 Å². The number of hydrogen-bond donors (Lipinski definition) is 2. The van der Waals surface area contributed by atoms with Crippen molar-refractivity contribution >= 4 is 11.8 Å². The van der Waals surface area contributed by atoms with Crippen molar-refractivity contribution < 1.29 is 23.1 Å². The highest BCUT2D eigenvalue weighted by molar-refractivity contribution is 5.66. The fourth-order valence-electron chi connectivity index (χ4n) is 1.05. The van der Waals surface area contributed by atoms with Gasteiger partial charge in [-0.3, -0.25) is 4.79 Å². The molecule has 7 heteroatoms. The maximum atomic E-state index is 12.4. The number of halogens is 3. The molecule has 1 aromatic heterocycles. The number of nitrogens with one attached hydrogen (secondary N) is 1. The summed E-state index contributed by atoms with van der Waals surface area (Å²) in [5, 5.41) is 10.6. The normalized spacial score (nSPS) is 11.4. The van der Waals surface area contributed by atoms with Crippen LogP contribution in [0.2, 0.25) is 0 Å².